The standard InChI is InChI=1S/C13H12N2O3/c1-18-10-2-3-11(12(16)8-10)13(17)15-9-4-6-14-7-5-9/h2-8,16H,1H3,(H,14,15,17). The molecule has 2 rings (SSSR count). The smallest absolute Gasteiger partial charge is 0.259 e. The van der Waals surface area contributed by atoms with E-state index < -0.39 is 0 Å². The first kappa shape index (κ1) is 11.9. The fourth-order valence-corrected chi connectivity index (χ4v) is 1.46. The Hall–Kier alpha value is -2.56. The fraction of sp³-hybridized carbons (Fsp3) is 0.0769. The van der Waals surface area contributed by atoms with Crippen LogP contribution in [0.1, 0.15) is 10.4 Å². The van der Waals surface area contributed by atoms with E-state index in [2.05, 4.69) is 10.3 Å². The van der Waals surface area contributed by atoms with Gasteiger partial charge in [0.15, 0.2) is 0 Å². The summed E-state index contributed by atoms with van der Waals surface area (Å²) < 4.78 is 4.95. The molecular formula is C13H12N2O3. The van der Waals surface area contributed by atoms with Crippen LogP contribution < -0.4 is 10.1 Å². The molecule has 0 unspecified atom stereocenters. The second kappa shape index (κ2) is 5.18. The number of nitrogens with one attached hydrogen (secondary N) is 1. The summed E-state index contributed by atoms with van der Waals surface area (Å²) in [5, 5.41) is 12.4. The number of anilines is 1. The largest absolute Gasteiger partial charge is 0.507 e. The molecule has 92 valence electrons. The van der Waals surface area contributed by atoms with Gasteiger partial charge in [-0.2, -0.15) is 0 Å². The van der Waals surface area contributed by atoms with Gasteiger partial charge in [-0.05, 0) is 24.3 Å². The average Bonchev–Trinajstić information content (AvgIpc) is 2.39. The third kappa shape index (κ3) is 2.57. The number of aromatic nitrogens is 1. The van der Waals surface area contributed by atoms with Crippen molar-refractivity contribution in [3.8, 4) is 11.5 Å². The quantitative estimate of drug-likeness (QED) is 0.866. The zero-order chi connectivity index (χ0) is 13.0. The van der Waals surface area contributed by atoms with Gasteiger partial charge in [-0.3, -0.25) is 9.78 Å². The highest BCUT2D eigenvalue weighted by Crippen LogP contribution is 2.24. The molecule has 0 bridgehead atoms. The molecule has 0 atom stereocenters. The molecule has 1 aromatic heterocycles. The molecule has 0 aliphatic carbocycles. The van der Waals surface area contributed by atoms with Crippen molar-refractivity contribution < 1.29 is 14.6 Å². The molecule has 0 saturated carbocycles. The third-order valence-electron chi connectivity index (χ3n) is 2.39. The lowest BCUT2D eigenvalue weighted by molar-refractivity contribution is 0.102. The topological polar surface area (TPSA) is 71.5 Å². The second-order valence-corrected chi connectivity index (χ2v) is 3.57. The number of hydrogen-bond acceptors (Lipinski definition) is 4. The van der Waals surface area contributed by atoms with Crippen molar-refractivity contribution in [1.29, 1.82) is 0 Å². The van der Waals surface area contributed by atoms with Crippen LogP contribution in [0.3, 0.4) is 0 Å². The Bertz CT molecular complexity index is 555. The van der Waals surface area contributed by atoms with Crippen molar-refractivity contribution in [2.24, 2.45) is 0 Å². The van der Waals surface area contributed by atoms with Crippen LogP contribution in [-0.2, 0) is 0 Å². The van der Waals surface area contributed by atoms with Gasteiger partial charge in [0.1, 0.15) is 11.5 Å². The van der Waals surface area contributed by atoms with Gasteiger partial charge in [-0.15, -0.1) is 0 Å². The number of amides is 1. The van der Waals surface area contributed by atoms with E-state index in [9.17, 15) is 9.90 Å². The number of methoxy groups -OCH3 is 1. The van der Waals surface area contributed by atoms with Crippen LogP contribution in [0.5, 0.6) is 11.5 Å². The first-order valence-corrected chi connectivity index (χ1v) is 5.29. The van der Waals surface area contributed by atoms with E-state index in [1.54, 1.807) is 30.6 Å². The molecule has 0 aliphatic rings. The van der Waals surface area contributed by atoms with Crippen molar-refractivity contribution in [2.75, 3.05) is 12.4 Å². The summed E-state index contributed by atoms with van der Waals surface area (Å²) >= 11 is 0. The Kier molecular flexibility index (Phi) is 3.43. The predicted octanol–water partition coefficient (Wildman–Crippen LogP) is 2.05. The highest BCUT2D eigenvalue weighted by Gasteiger charge is 2.11. The van der Waals surface area contributed by atoms with Gasteiger partial charge in [-0.1, -0.05) is 0 Å². The number of hydrogen-bond donors (Lipinski definition) is 2. The molecule has 5 heteroatoms. The van der Waals surface area contributed by atoms with Crippen molar-refractivity contribution in [3.05, 3.63) is 48.3 Å². The molecule has 0 fully saturated rings. The summed E-state index contributed by atoms with van der Waals surface area (Å²) in [5.74, 6) is -0.0183. The van der Waals surface area contributed by atoms with Crippen LogP contribution in [0, 0.1) is 0 Å². The van der Waals surface area contributed by atoms with Crippen molar-refractivity contribution in [1.82, 2.24) is 4.98 Å². The number of benzene rings is 1. The molecule has 2 N–H and O–H groups in total. The van der Waals surface area contributed by atoms with Crippen molar-refractivity contribution in [2.45, 2.75) is 0 Å². The minimum absolute atomic E-state index is 0.124. The Balaban J connectivity index is 2.19. The molecular weight excluding hydrogens is 232 g/mol. The van der Waals surface area contributed by atoms with Crippen molar-refractivity contribution >= 4 is 11.6 Å². The highest BCUT2D eigenvalue weighted by atomic mass is 16.5. The van der Waals surface area contributed by atoms with Gasteiger partial charge in [0.05, 0.1) is 12.7 Å². The Morgan fingerprint density at radius 3 is 2.61 bits per heavy atom. The number of carbonyl (C=O) groups excluding carboxylic acids is 1. The Labute approximate surface area is 104 Å². The van der Waals surface area contributed by atoms with Gasteiger partial charge in [0.2, 0.25) is 0 Å². The number of aromatic hydroxyl groups is 1. The maximum absolute atomic E-state index is 11.9. The number of carbonyl (C=O) groups is 1. The molecule has 0 saturated heterocycles. The molecule has 1 amide bonds. The monoisotopic (exact) mass is 244 g/mol. The summed E-state index contributed by atoms with van der Waals surface area (Å²) in [7, 11) is 1.49. The van der Waals surface area contributed by atoms with Gasteiger partial charge in [0.25, 0.3) is 5.91 Å². The van der Waals surface area contributed by atoms with E-state index in [4.69, 9.17) is 4.74 Å². The van der Waals surface area contributed by atoms with Crippen LogP contribution in [0.4, 0.5) is 5.69 Å². The maximum Gasteiger partial charge on any atom is 0.259 e. The van der Waals surface area contributed by atoms with E-state index >= 15 is 0 Å². The van der Waals surface area contributed by atoms with Gasteiger partial charge >= 0.3 is 0 Å². The van der Waals surface area contributed by atoms with E-state index in [1.807, 2.05) is 0 Å². The Morgan fingerprint density at radius 2 is 2.00 bits per heavy atom. The zero-order valence-electron chi connectivity index (χ0n) is 9.75. The third-order valence-corrected chi connectivity index (χ3v) is 2.39. The first-order chi connectivity index (χ1) is 8.70. The normalized spacial score (nSPS) is 9.83. The van der Waals surface area contributed by atoms with Gasteiger partial charge < -0.3 is 15.2 Å². The summed E-state index contributed by atoms with van der Waals surface area (Å²) in [6.07, 6.45) is 3.15. The molecule has 1 heterocycles. The Morgan fingerprint density at radius 1 is 1.28 bits per heavy atom. The maximum atomic E-state index is 11.9. The van der Waals surface area contributed by atoms with Crippen LogP contribution in [0.15, 0.2) is 42.7 Å². The lowest BCUT2D eigenvalue weighted by Crippen LogP contribution is -2.12. The predicted molar refractivity (Wildman–Crippen MR) is 66.8 cm³/mol. The summed E-state index contributed by atoms with van der Waals surface area (Å²) in [6, 6.07) is 7.84. The van der Waals surface area contributed by atoms with E-state index in [0.717, 1.165) is 0 Å². The van der Waals surface area contributed by atoms with Crippen LogP contribution in [0.2, 0.25) is 0 Å². The molecule has 0 aliphatic heterocycles. The summed E-state index contributed by atoms with van der Waals surface area (Å²) in [4.78, 5) is 15.8. The highest BCUT2D eigenvalue weighted by molar-refractivity contribution is 6.06. The lowest BCUT2D eigenvalue weighted by Gasteiger charge is -2.07. The van der Waals surface area contributed by atoms with E-state index in [1.165, 1.54) is 19.2 Å². The van der Waals surface area contributed by atoms with Crippen molar-refractivity contribution in [3.63, 3.8) is 0 Å². The number of ether oxygens (including phenoxy) is 1. The van der Waals surface area contributed by atoms with E-state index in [0.29, 0.717) is 11.4 Å². The number of pyridine rings is 1. The average molecular weight is 244 g/mol. The van der Waals surface area contributed by atoms with Crippen LogP contribution >= 0.6 is 0 Å². The SMILES string of the molecule is COc1ccc(C(=O)Nc2ccncc2)c(O)c1. The second-order valence-electron chi connectivity index (χ2n) is 3.57. The van der Waals surface area contributed by atoms with E-state index in [-0.39, 0.29) is 17.2 Å². The van der Waals surface area contributed by atoms with Gasteiger partial charge in [-0.25, -0.2) is 0 Å². The molecule has 18 heavy (non-hydrogen) atoms. The minimum Gasteiger partial charge on any atom is -0.507 e. The molecule has 1 aromatic carbocycles. The number of nitrogens with zero attached hydrogens (tertiary/aromatic N) is 1. The summed E-state index contributed by atoms with van der Waals surface area (Å²) in [6.45, 7) is 0. The number of phenolic OH excluding ortho intramolecular Hbond substituents is 1. The molecule has 0 radical (unpaired) electrons. The van der Waals surface area contributed by atoms with Crippen LogP contribution in [0.25, 0.3) is 0 Å². The number of rotatable bonds is 3. The fourth-order valence-electron chi connectivity index (χ4n) is 1.46. The molecule has 2 aromatic rings. The summed E-state index contributed by atoms with van der Waals surface area (Å²) in [5.41, 5.74) is 0.804. The number of phenols is 1. The molecule has 0 spiro atoms. The lowest BCUT2D eigenvalue weighted by atomic mass is 10.1. The van der Waals surface area contributed by atoms with Crippen LogP contribution in [-0.4, -0.2) is 23.1 Å². The zero-order valence-corrected chi connectivity index (χ0v) is 9.75. The first-order valence-electron chi connectivity index (χ1n) is 5.29. The minimum atomic E-state index is -0.388. The van der Waals surface area contributed by atoms with Gasteiger partial charge in [0, 0.05) is 24.1 Å². The molecule has 5 nitrogen and oxygen atoms in total.